The second-order valence-corrected chi connectivity index (χ2v) is 20.2. The Morgan fingerprint density at radius 1 is 0.938 bits per heavy atom. The van der Waals surface area contributed by atoms with Crippen LogP contribution in [0.5, 0.6) is 0 Å². The Kier molecular flexibility index (Phi) is 21.8. The van der Waals surface area contributed by atoms with Crippen LogP contribution < -0.4 is 5.32 Å². The van der Waals surface area contributed by atoms with Crippen molar-refractivity contribution in [3.8, 4) is 0 Å². The Morgan fingerprint density at radius 2 is 1.58 bits per heavy atom. The smallest absolute Gasteiger partial charge is 0.311 e. The average molecular weight is 919 g/mol. The number of hydrogen-bond donors (Lipinski definition) is 5. The molecule has 0 unspecified atom stereocenters. The number of cyclic esters (lactones) is 1. The molecular formula is C47H90N4O13. The number of amides is 1. The number of aliphatic hydroxyl groups is 4. The third-order valence-electron chi connectivity index (χ3n) is 14.4. The Balaban J connectivity index is 2.12. The van der Waals surface area contributed by atoms with Gasteiger partial charge in [-0.15, -0.1) is 0 Å². The maximum atomic E-state index is 14.5. The van der Waals surface area contributed by atoms with E-state index in [0.29, 0.717) is 39.1 Å². The van der Waals surface area contributed by atoms with Gasteiger partial charge in [-0.2, -0.15) is 0 Å². The number of nitrogens with zero attached hydrogens (tertiary/aromatic N) is 3. The van der Waals surface area contributed by atoms with Crippen LogP contribution in [0.4, 0.5) is 0 Å². The van der Waals surface area contributed by atoms with E-state index in [1.54, 1.807) is 34.6 Å². The van der Waals surface area contributed by atoms with Gasteiger partial charge in [-0.25, -0.2) is 0 Å². The third-order valence-corrected chi connectivity index (χ3v) is 14.4. The fourth-order valence-corrected chi connectivity index (χ4v) is 10.1. The predicted octanol–water partition coefficient (Wildman–Crippen LogP) is 2.77. The van der Waals surface area contributed by atoms with Gasteiger partial charge in [0, 0.05) is 51.2 Å². The minimum absolute atomic E-state index is 0.0424. The summed E-state index contributed by atoms with van der Waals surface area (Å²) in [7, 11) is 7.34. The molecule has 0 aliphatic carbocycles. The molecule has 18 atom stereocenters. The van der Waals surface area contributed by atoms with Gasteiger partial charge in [0.2, 0.25) is 5.91 Å². The summed E-state index contributed by atoms with van der Waals surface area (Å²) >= 11 is 0. The van der Waals surface area contributed by atoms with Crippen molar-refractivity contribution in [2.45, 2.75) is 205 Å². The van der Waals surface area contributed by atoms with Crippen molar-refractivity contribution in [1.29, 1.82) is 0 Å². The van der Waals surface area contributed by atoms with Crippen molar-refractivity contribution in [3.05, 3.63) is 0 Å². The van der Waals surface area contributed by atoms with Gasteiger partial charge in [-0.05, 0) is 114 Å². The molecule has 3 rings (SSSR count). The van der Waals surface area contributed by atoms with E-state index in [1.807, 2.05) is 67.6 Å². The summed E-state index contributed by atoms with van der Waals surface area (Å²) in [5, 5.41) is 50.5. The zero-order valence-corrected chi connectivity index (χ0v) is 42.2. The van der Waals surface area contributed by atoms with Crippen molar-refractivity contribution in [2.24, 2.45) is 17.8 Å². The van der Waals surface area contributed by atoms with Crippen LogP contribution in [0, 0.1) is 17.8 Å². The molecule has 17 heteroatoms. The quantitative estimate of drug-likeness (QED) is 0.112. The van der Waals surface area contributed by atoms with Gasteiger partial charge in [0.05, 0.1) is 48.1 Å². The van der Waals surface area contributed by atoms with Crippen molar-refractivity contribution < 1.29 is 63.2 Å². The van der Waals surface area contributed by atoms with Crippen molar-refractivity contribution in [1.82, 2.24) is 20.0 Å². The molecule has 64 heavy (non-hydrogen) atoms. The molecule has 0 aromatic rings. The normalized spacial score (nSPS) is 42.5. The number of hydrogen-bond acceptors (Lipinski definition) is 16. The average Bonchev–Trinajstić information content (AvgIpc) is 3.22. The molecule has 1 amide bonds. The Bertz CT molecular complexity index is 1420. The fourth-order valence-electron chi connectivity index (χ4n) is 10.1. The molecular weight excluding hydrogens is 829 g/mol. The number of aliphatic hydroxyl groups excluding tert-OH is 2. The third kappa shape index (κ3) is 14.5. The molecule has 17 nitrogen and oxygen atoms in total. The minimum Gasteiger partial charge on any atom is -0.459 e. The monoisotopic (exact) mass is 919 g/mol. The molecule has 376 valence electrons. The number of carbonyl (C=O) groups excluding carboxylic acids is 2. The summed E-state index contributed by atoms with van der Waals surface area (Å²) in [4.78, 5) is 33.2. The van der Waals surface area contributed by atoms with Crippen LogP contribution in [0.1, 0.15) is 115 Å². The molecule has 5 N–H and O–H groups in total. The first-order valence-electron chi connectivity index (χ1n) is 23.9. The van der Waals surface area contributed by atoms with Crippen LogP contribution >= 0.6 is 0 Å². The highest BCUT2D eigenvalue weighted by Gasteiger charge is 2.53. The SMILES string of the molecule is CC[C@H]1OC(=O)[C@H](C)[C@@H](O[C@H]2C[C@@](C)(OC)[C@@H](O)[C@H](C)O2)[C@H](C)[C@@H](O[C@@H]2O[C@H](C)C[C@H](N(C)C)[C@H]2OCCCNC(=O)CN(CC)CC)[C@](C)(O)C[C@@H](C)CN(C)[C@H](C)[C@@H](O)[C@]1(C)O. The second kappa shape index (κ2) is 24.6. The molecule has 0 aromatic heterocycles. The zero-order chi connectivity index (χ0) is 48.5. The van der Waals surface area contributed by atoms with Gasteiger partial charge < -0.3 is 68.7 Å². The number of esters is 1. The van der Waals surface area contributed by atoms with Gasteiger partial charge in [0.1, 0.15) is 30.0 Å². The highest BCUT2D eigenvalue weighted by atomic mass is 16.7. The summed E-state index contributed by atoms with van der Waals surface area (Å²) in [6.45, 7) is 25.0. The van der Waals surface area contributed by atoms with Gasteiger partial charge in [-0.3, -0.25) is 14.5 Å². The lowest BCUT2D eigenvalue weighted by Gasteiger charge is -2.49. The number of ether oxygens (including phenoxy) is 7. The highest BCUT2D eigenvalue weighted by Crippen LogP contribution is 2.40. The molecule has 0 aromatic carbocycles. The van der Waals surface area contributed by atoms with Crippen LogP contribution in [0.15, 0.2) is 0 Å². The predicted molar refractivity (Wildman–Crippen MR) is 243 cm³/mol. The number of carbonyl (C=O) groups is 2. The summed E-state index contributed by atoms with van der Waals surface area (Å²) in [6, 6.07) is -0.687. The summed E-state index contributed by atoms with van der Waals surface area (Å²) in [6.07, 6.45) is -7.07. The lowest BCUT2D eigenvalue weighted by molar-refractivity contribution is -0.321. The topological polar surface area (TPSA) is 201 Å². The van der Waals surface area contributed by atoms with Crippen LogP contribution in [0.3, 0.4) is 0 Å². The molecule has 3 fully saturated rings. The molecule has 0 bridgehead atoms. The lowest BCUT2D eigenvalue weighted by Crippen LogP contribution is -2.61. The lowest BCUT2D eigenvalue weighted by atomic mass is 9.77. The molecule has 0 radical (unpaired) electrons. The zero-order valence-electron chi connectivity index (χ0n) is 42.2. The Morgan fingerprint density at radius 3 is 2.16 bits per heavy atom. The van der Waals surface area contributed by atoms with E-state index >= 15 is 0 Å². The van der Waals surface area contributed by atoms with E-state index < -0.39 is 96.0 Å². The molecule has 3 aliphatic heterocycles. The first-order valence-corrected chi connectivity index (χ1v) is 23.9. The number of nitrogens with one attached hydrogen (secondary N) is 1. The Labute approximate surface area is 385 Å². The van der Waals surface area contributed by atoms with Crippen LogP contribution in [-0.2, 0) is 42.7 Å². The maximum Gasteiger partial charge on any atom is 0.311 e. The second-order valence-electron chi connectivity index (χ2n) is 20.2. The highest BCUT2D eigenvalue weighted by molar-refractivity contribution is 5.77. The van der Waals surface area contributed by atoms with E-state index in [9.17, 15) is 30.0 Å². The van der Waals surface area contributed by atoms with E-state index in [2.05, 4.69) is 15.1 Å². The fraction of sp³-hybridized carbons (Fsp3) is 0.957. The van der Waals surface area contributed by atoms with Crippen LogP contribution in [0.2, 0.25) is 0 Å². The molecule has 0 saturated carbocycles. The first-order chi connectivity index (χ1) is 29.8. The van der Waals surface area contributed by atoms with Gasteiger partial charge in [0.15, 0.2) is 12.6 Å². The molecule has 0 spiro atoms. The largest absolute Gasteiger partial charge is 0.459 e. The van der Waals surface area contributed by atoms with Crippen LogP contribution in [0.25, 0.3) is 0 Å². The number of methoxy groups -OCH3 is 1. The first kappa shape index (κ1) is 56.7. The Hall–Kier alpha value is -1.58. The standard InChI is InChI=1S/C47H90N4O13/c1-17-35-47(12,57)40(53)32(8)50(15)26-28(4)24-45(10,56)42(30(6)38(31(7)43(55)62-35)63-37-25-46(11,58-16)41(54)33(9)61-37)64-44-39(34(49(13)14)23-29(5)60-44)59-22-20-21-48-36(52)27-51(18-2)19-3/h28-35,37-42,44,53-54,56-57H,17-27H2,1-16H3,(H,48,52)/t28-,29-,30+,31-,32-,33+,34+,35-,37+,38+,39-,40-,41+,42-,44+,45-,46-,47-/m1/s1. The van der Waals surface area contributed by atoms with Crippen molar-refractivity contribution in [3.63, 3.8) is 0 Å². The van der Waals surface area contributed by atoms with Gasteiger partial charge in [0.25, 0.3) is 0 Å². The molecule has 3 saturated heterocycles. The van der Waals surface area contributed by atoms with Crippen LogP contribution in [-0.4, -0.2) is 205 Å². The maximum absolute atomic E-state index is 14.5. The van der Waals surface area contributed by atoms with Gasteiger partial charge in [-0.1, -0.05) is 34.6 Å². The summed E-state index contributed by atoms with van der Waals surface area (Å²) in [5.74, 6) is -2.66. The summed E-state index contributed by atoms with van der Waals surface area (Å²) in [5.41, 5.74) is -4.43. The van der Waals surface area contributed by atoms with E-state index in [0.717, 1.165) is 13.1 Å². The van der Waals surface area contributed by atoms with Crippen molar-refractivity contribution >= 4 is 11.9 Å². The minimum atomic E-state index is -1.82. The molecule has 3 heterocycles. The number of likely N-dealkylation sites (N-methyl/N-ethyl adjacent to an activating group) is 3. The van der Waals surface area contributed by atoms with E-state index in [4.69, 9.17) is 33.2 Å². The molecule has 3 aliphatic rings. The van der Waals surface area contributed by atoms with Crippen molar-refractivity contribution in [2.75, 3.05) is 67.6 Å². The summed E-state index contributed by atoms with van der Waals surface area (Å²) < 4.78 is 45.4. The van der Waals surface area contributed by atoms with Gasteiger partial charge >= 0.3 is 5.97 Å². The number of rotatable bonds is 16. The van der Waals surface area contributed by atoms with E-state index in [-0.39, 0.29) is 43.2 Å². The van der Waals surface area contributed by atoms with E-state index in [1.165, 1.54) is 14.0 Å².